The second-order valence-corrected chi connectivity index (χ2v) is 4.51. The van der Waals surface area contributed by atoms with E-state index in [9.17, 15) is 18.8 Å². The second kappa shape index (κ2) is 4.52. The van der Waals surface area contributed by atoms with E-state index in [1.54, 1.807) is 0 Å². The van der Waals surface area contributed by atoms with Gasteiger partial charge in [-0.25, -0.2) is 9.29 Å². The van der Waals surface area contributed by atoms with Crippen LogP contribution in [0.25, 0.3) is 0 Å². The van der Waals surface area contributed by atoms with Gasteiger partial charge in [0.1, 0.15) is 5.82 Å². The fourth-order valence-electron chi connectivity index (χ4n) is 2.32. The summed E-state index contributed by atoms with van der Waals surface area (Å²) >= 11 is 0. The van der Waals surface area contributed by atoms with E-state index < -0.39 is 23.5 Å². The molecule has 0 spiro atoms. The van der Waals surface area contributed by atoms with E-state index >= 15 is 0 Å². The molecule has 2 N–H and O–H groups in total. The largest absolute Gasteiger partial charge is 0.366 e. The van der Waals surface area contributed by atoms with E-state index in [1.807, 2.05) is 0 Å². The van der Waals surface area contributed by atoms with Crippen LogP contribution in [0.1, 0.15) is 31.1 Å². The van der Waals surface area contributed by atoms with Crippen LogP contribution in [0, 0.1) is 5.82 Å². The van der Waals surface area contributed by atoms with Gasteiger partial charge in [-0.05, 0) is 36.4 Å². The zero-order valence-corrected chi connectivity index (χ0v) is 10.7. The van der Waals surface area contributed by atoms with Crippen molar-refractivity contribution < 1.29 is 18.8 Å². The van der Waals surface area contributed by atoms with Gasteiger partial charge >= 0.3 is 0 Å². The number of carbonyl (C=O) groups excluding carboxylic acids is 3. The van der Waals surface area contributed by atoms with Crippen molar-refractivity contribution in [3.8, 4) is 0 Å². The Hall–Kier alpha value is -3.02. The summed E-state index contributed by atoms with van der Waals surface area (Å²) in [6.07, 6.45) is 0. The van der Waals surface area contributed by atoms with Crippen molar-refractivity contribution >= 4 is 23.4 Å². The summed E-state index contributed by atoms with van der Waals surface area (Å²) in [5.41, 5.74) is 5.56. The number of nitrogens with two attached hydrogens (primary N) is 1. The Bertz CT molecular complexity index is 784. The Morgan fingerprint density at radius 1 is 1.00 bits per heavy atom. The molecule has 1 heterocycles. The third kappa shape index (κ3) is 1.88. The lowest BCUT2D eigenvalue weighted by molar-refractivity contribution is 0.0918. The van der Waals surface area contributed by atoms with E-state index in [0.717, 1.165) is 17.0 Å². The number of rotatable bonds is 2. The van der Waals surface area contributed by atoms with E-state index in [1.165, 1.54) is 30.3 Å². The molecule has 0 aromatic heterocycles. The van der Waals surface area contributed by atoms with Gasteiger partial charge in [0.2, 0.25) is 5.91 Å². The molecular formula is C15H9FN2O3. The molecule has 0 atom stereocenters. The molecule has 5 nitrogen and oxygen atoms in total. The molecule has 0 saturated heterocycles. The maximum atomic E-state index is 13.0. The highest BCUT2D eigenvalue weighted by Crippen LogP contribution is 2.30. The minimum Gasteiger partial charge on any atom is -0.366 e. The van der Waals surface area contributed by atoms with Crippen LogP contribution in [0.3, 0.4) is 0 Å². The molecule has 2 aromatic rings. The molecule has 21 heavy (non-hydrogen) atoms. The summed E-state index contributed by atoms with van der Waals surface area (Å²) in [5.74, 6) is -2.47. The Kier molecular flexibility index (Phi) is 2.79. The monoisotopic (exact) mass is 284 g/mol. The topological polar surface area (TPSA) is 80.5 Å². The highest BCUT2D eigenvalue weighted by molar-refractivity contribution is 6.36. The first-order valence-corrected chi connectivity index (χ1v) is 6.08. The number of nitrogens with zero attached hydrogens (tertiary/aromatic N) is 1. The summed E-state index contributed by atoms with van der Waals surface area (Å²) in [6.45, 7) is 0. The molecule has 1 aliphatic rings. The third-order valence-corrected chi connectivity index (χ3v) is 3.27. The van der Waals surface area contributed by atoms with Gasteiger partial charge in [-0.1, -0.05) is 6.07 Å². The van der Waals surface area contributed by atoms with Gasteiger partial charge < -0.3 is 5.73 Å². The summed E-state index contributed by atoms with van der Waals surface area (Å²) in [7, 11) is 0. The number of imide groups is 1. The van der Waals surface area contributed by atoms with Crippen molar-refractivity contribution in [1.82, 2.24) is 0 Å². The van der Waals surface area contributed by atoms with Gasteiger partial charge in [0.15, 0.2) is 0 Å². The average molecular weight is 284 g/mol. The molecule has 0 bridgehead atoms. The fourth-order valence-corrected chi connectivity index (χ4v) is 2.32. The molecule has 2 aromatic carbocycles. The first kappa shape index (κ1) is 13.0. The van der Waals surface area contributed by atoms with Gasteiger partial charge in [-0.2, -0.15) is 0 Å². The fraction of sp³-hybridized carbons (Fsp3) is 0. The highest BCUT2D eigenvalue weighted by Gasteiger charge is 2.39. The predicted molar refractivity (Wildman–Crippen MR) is 72.5 cm³/mol. The molecule has 0 aliphatic carbocycles. The maximum Gasteiger partial charge on any atom is 0.266 e. The first-order valence-electron chi connectivity index (χ1n) is 6.08. The Morgan fingerprint density at radius 3 is 2.29 bits per heavy atom. The maximum absolute atomic E-state index is 13.0. The lowest BCUT2D eigenvalue weighted by Gasteiger charge is -2.13. The number of amides is 3. The van der Waals surface area contributed by atoms with Crippen molar-refractivity contribution in [3.05, 3.63) is 65.0 Å². The standard InChI is InChI=1S/C15H9FN2O3/c16-8-4-6-9(7-5-8)18-14(20)11-3-1-2-10(13(17)19)12(11)15(18)21/h1-7H,(H2,17,19). The number of anilines is 1. The van der Waals surface area contributed by atoms with Gasteiger partial charge in [-0.3, -0.25) is 14.4 Å². The highest BCUT2D eigenvalue weighted by atomic mass is 19.1. The lowest BCUT2D eigenvalue weighted by Crippen LogP contribution is -2.29. The summed E-state index contributed by atoms with van der Waals surface area (Å²) in [5, 5.41) is 0. The van der Waals surface area contributed by atoms with Crippen molar-refractivity contribution in [1.29, 1.82) is 0 Å². The van der Waals surface area contributed by atoms with E-state index in [4.69, 9.17) is 5.73 Å². The summed E-state index contributed by atoms with van der Waals surface area (Å²) < 4.78 is 13.0. The minimum atomic E-state index is -0.783. The number of primary amides is 1. The van der Waals surface area contributed by atoms with Gasteiger partial charge in [0.05, 0.1) is 22.4 Å². The third-order valence-electron chi connectivity index (χ3n) is 3.27. The average Bonchev–Trinajstić information content (AvgIpc) is 2.72. The minimum absolute atomic E-state index is 0.00420. The lowest BCUT2D eigenvalue weighted by atomic mass is 10.0. The van der Waals surface area contributed by atoms with Gasteiger partial charge in [0, 0.05) is 0 Å². The zero-order valence-electron chi connectivity index (χ0n) is 10.7. The van der Waals surface area contributed by atoms with Crippen LogP contribution in [0.5, 0.6) is 0 Å². The summed E-state index contributed by atoms with van der Waals surface area (Å²) in [4.78, 5) is 37.0. The molecule has 3 rings (SSSR count). The van der Waals surface area contributed by atoms with Crippen LogP contribution >= 0.6 is 0 Å². The second-order valence-electron chi connectivity index (χ2n) is 4.51. The number of halogens is 1. The van der Waals surface area contributed by atoms with Crippen LogP contribution in [0.4, 0.5) is 10.1 Å². The number of hydrogen-bond donors (Lipinski definition) is 1. The molecule has 104 valence electrons. The number of hydrogen-bond acceptors (Lipinski definition) is 3. The molecule has 0 unspecified atom stereocenters. The van der Waals surface area contributed by atoms with Crippen LogP contribution < -0.4 is 10.6 Å². The number of fused-ring (bicyclic) bond motifs is 1. The van der Waals surface area contributed by atoms with Crippen molar-refractivity contribution in [3.63, 3.8) is 0 Å². The first-order chi connectivity index (χ1) is 10.0. The molecule has 3 amide bonds. The Morgan fingerprint density at radius 2 is 1.67 bits per heavy atom. The van der Waals surface area contributed by atoms with Crippen molar-refractivity contribution in [2.45, 2.75) is 0 Å². The Balaban J connectivity index is 2.15. The molecule has 0 fully saturated rings. The van der Waals surface area contributed by atoms with E-state index in [2.05, 4.69) is 0 Å². The van der Waals surface area contributed by atoms with Crippen molar-refractivity contribution in [2.24, 2.45) is 5.73 Å². The van der Waals surface area contributed by atoms with Crippen LogP contribution in [-0.4, -0.2) is 17.7 Å². The zero-order chi connectivity index (χ0) is 15.1. The van der Waals surface area contributed by atoms with Crippen LogP contribution in [-0.2, 0) is 0 Å². The number of benzene rings is 2. The van der Waals surface area contributed by atoms with Crippen molar-refractivity contribution in [2.75, 3.05) is 4.90 Å². The number of carbonyl (C=O) groups is 3. The smallest absolute Gasteiger partial charge is 0.266 e. The molecular weight excluding hydrogens is 275 g/mol. The molecule has 0 saturated carbocycles. The SMILES string of the molecule is NC(=O)c1cccc2c1C(=O)N(c1ccc(F)cc1)C2=O. The van der Waals surface area contributed by atoms with Crippen LogP contribution in [0.15, 0.2) is 42.5 Å². The van der Waals surface area contributed by atoms with E-state index in [0.29, 0.717) is 0 Å². The Labute approximate surface area is 118 Å². The molecule has 6 heteroatoms. The predicted octanol–water partition coefficient (Wildman–Crippen LogP) is 1.73. The quantitative estimate of drug-likeness (QED) is 0.853. The van der Waals surface area contributed by atoms with Gasteiger partial charge in [0.25, 0.3) is 11.8 Å². The summed E-state index contributed by atoms with van der Waals surface area (Å²) in [6, 6.07) is 9.26. The van der Waals surface area contributed by atoms with E-state index in [-0.39, 0.29) is 22.4 Å². The molecule has 1 aliphatic heterocycles. The normalized spacial score (nSPS) is 13.5. The van der Waals surface area contributed by atoms with Gasteiger partial charge in [-0.15, -0.1) is 0 Å². The van der Waals surface area contributed by atoms with Crippen LogP contribution in [0.2, 0.25) is 0 Å². The molecule has 0 radical (unpaired) electrons.